The lowest BCUT2D eigenvalue weighted by molar-refractivity contribution is 0.100. The van der Waals surface area contributed by atoms with Gasteiger partial charge < -0.3 is 11.5 Å². The number of primary amides is 1. The summed E-state index contributed by atoms with van der Waals surface area (Å²) < 4.78 is 0. The second-order valence-electron chi connectivity index (χ2n) is 5.68. The van der Waals surface area contributed by atoms with Crippen LogP contribution in [0.4, 0.5) is 5.69 Å². The number of thiophene rings is 1. The minimum atomic E-state index is -0.527. The zero-order valence-electron chi connectivity index (χ0n) is 13.3. The van der Waals surface area contributed by atoms with Crippen LogP contribution in [-0.4, -0.2) is 10.9 Å². The van der Waals surface area contributed by atoms with Gasteiger partial charge in [-0.05, 0) is 17.2 Å². The molecule has 1 amide bonds. The first kappa shape index (κ1) is 15.4. The van der Waals surface area contributed by atoms with Crippen LogP contribution in [0.5, 0.6) is 0 Å². The number of anilines is 1. The monoisotopic (exact) mass is 345 g/mol. The molecule has 0 spiro atoms. The topological polar surface area (TPSA) is 82.0 Å². The maximum absolute atomic E-state index is 11.7. The predicted octanol–water partition coefficient (Wildman–Crippen LogP) is 4.31. The van der Waals surface area contributed by atoms with E-state index in [0.29, 0.717) is 15.4 Å². The molecule has 0 bridgehead atoms. The summed E-state index contributed by atoms with van der Waals surface area (Å²) >= 11 is 1.24. The third-order valence-electron chi connectivity index (χ3n) is 4.08. The summed E-state index contributed by atoms with van der Waals surface area (Å²) in [5.41, 5.74) is 15.9. The molecule has 5 heteroatoms. The molecule has 0 aliphatic carbocycles. The third-order valence-corrected chi connectivity index (χ3v) is 5.19. The van der Waals surface area contributed by atoms with Crippen molar-refractivity contribution in [2.75, 3.05) is 5.73 Å². The number of hydrogen-bond donors (Lipinski definition) is 2. The molecule has 4 rings (SSSR count). The number of nitrogens with zero attached hydrogens (tertiary/aromatic N) is 1. The van der Waals surface area contributed by atoms with Gasteiger partial charge in [0.1, 0.15) is 9.71 Å². The van der Waals surface area contributed by atoms with Gasteiger partial charge in [0.15, 0.2) is 0 Å². The Bertz CT molecular complexity index is 1070. The number of nitrogens with two attached hydrogens (primary N) is 2. The minimum absolute atomic E-state index is 0.352. The van der Waals surface area contributed by atoms with E-state index in [-0.39, 0.29) is 0 Å². The van der Waals surface area contributed by atoms with Gasteiger partial charge >= 0.3 is 0 Å². The van der Waals surface area contributed by atoms with Gasteiger partial charge in [-0.25, -0.2) is 4.98 Å². The first-order chi connectivity index (χ1) is 12.1. The number of hydrogen-bond acceptors (Lipinski definition) is 4. The second-order valence-corrected chi connectivity index (χ2v) is 6.68. The molecule has 2 heterocycles. The Morgan fingerprint density at radius 1 is 0.920 bits per heavy atom. The van der Waals surface area contributed by atoms with Crippen molar-refractivity contribution >= 4 is 33.1 Å². The van der Waals surface area contributed by atoms with Crippen molar-refractivity contribution in [3.05, 3.63) is 71.6 Å². The number of pyridine rings is 1. The van der Waals surface area contributed by atoms with Crippen molar-refractivity contribution in [3.8, 4) is 22.4 Å². The molecule has 0 aliphatic heterocycles. The first-order valence-electron chi connectivity index (χ1n) is 7.79. The fourth-order valence-electron chi connectivity index (χ4n) is 2.91. The molecule has 0 radical (unpaired) electrons. The van der Waals surface area contributed by atoms with Crippen molar-refractivity contribution in [2.45, 2.75) is 0 Å². The van der Waals surface area contributed by atoms with E-state index in [1.165, 1.54) is 11.3 Å². The fourth-order valence-corrected chi connectivity index (χ4v) is 3.88. The standard InChI is InChI=1S/C20H15N3OS/c21-17-16-14(12-7-3-1-4-8-12)11-15(13-9-5-2-6-10-13)23-20(16)25-18(17)19(22)24/h1-11H,21H2,(H2,22,24). The molecular formula is C20H15N3OS. The molecule has 0 saturated carbocycles. The van der Waals surface area contributed by atoms with Gasteiger partial charge in [-0.15, -0.1) is 11.3 Å². The molecule has 122 valence electrons. The minimum Gasteiger partial charge on any atom is -0.397 e. The fraction of sp³-hybridized carbons (Fsp3) is 0. The van der Waals surface area contributed by atoms with Gasteiger partial charge in [0.2, 0.25) is 0 Å². The summed E-state index contributed by atoms with van der Waals surface area (Å²) in [5, 5.41) is 0.782. The Labute approximate surface area is 148 Å². The van der Waals surface area contributed by atoms with Crippen molar-refractivity contribution in [1.82, 2.24) is 4.98 Å². The Hall–Kier alpha value is -3.18. The molecule has 2 aromatic heterocycles. The SMILES string of the molecule is NC(=O)c1sc2nc(-c3ccccc3)cc(-c3ccccc3)c2c1N. The molecular weight excluding hydrogens is 330 g/mol. The highest BCUT2D eigenvalue weighted by Gasteiger charge is 2.19. The molecule has 0 aliphatic rings. The lowest BCUT2D eigenvalue weighted by atomic mass is 9.99. The number of benzene rings is 2. The van der Waals surface area contributed by atoms with Gasteiger partial charge in [-0.2, -0.15) is 0 Å². The number of nitrogen functional groups attached to an aromatic ring is 1. The quantitative estimate of drug-likeness (QED) is 0.580. The summed E-state index contributed by atoms with van der Waals surface area (Å²) in [6.45, 7) is 0. The molecule has 25 heavy (non-hydrogen) atoms. The Kier molecular flexibility index (Phi) is 3.71. The summed E-state index contributed by atoms with van der Waals surface area (Å²) in [4.78, 5) is 17.5. The second kappa shape index (κ2) is 6.03. The van der Waals surface area contributed by atoms with Crippen molar-refractivity contribution in [1.29, 1.82) is 0 Å². The Morgan fingerprint density at radius 2 is 1.52 bits per heavy atom. The Balaban J connectivity index is 2.07. The summed E-state index contributed by atoms with van der Waals surface area (Å²) in [5.74, 6) is -0.527. The van der Waals surface area contributed by atoms with Crippen LogP contribution in [-0.2, 0) is 0 Å². The number of aromatic nitrogens is 1. The lowest BCUT2D eigenvalue weighted by Crippen LogP contribution is -2.10. The van der Waals surface area contributed by atoms with Gasteiger partial charge in [0.05, 0.1) is 11.4 Å². The highest BCUT2D eigenvalue weighted by Crippen LogP contribution is 2.40. The summed E-state index contributed by atoms with van der Waals surface area (Å²) in [7, 11) is 0. The Morgan fingerprint density at radius 3 is 2.12 bits per heavy atom. The maximum atomic E-state index is 11.7. The van der Waals surface area contributed by atoms with Gasteiger partial charge in [-0.3, -0.25) is 4.79 Å². The van der Waals surface area contributed by atoms with Crippen LogP contribution in [0.25, 0.3) is 32.6 Å². The number of amides is 1. The summed E-state index contributed by atoms with van der Waals surface area (Å²) in [6, 6.07) is 21.9. The van der Waals surface area contributed by atoms with E-state index < -0.39 is 5.91 Å². The molecule has 4 aromatic rings. The van der Waals surface area contributed by atoms with Crippen LogP contribution in [0, 0.1) is 0 Å². The molecule has 2 aromatic carbocycles. The maximum Gasteiger partial charge on any atom is 0.260 e. The average molecular weight is 345 g/mol. The van der Waals surface area contributed by atoms with Gasteiger partial charge in [0, 0.05) is 10.9 Å². The molecule has 0 unspecified atom stereocenters. The van der Waals surface area contributed by atoms with E-state index in [9.17, 15) is 4.79 Å². The number of fused-ring (bicyclic) bond motifs is 1. The van der Waals surface area contributed by atoms with Gasteiger partial charge in [-0.1, -0.05) is 60.7 Å². The van der Waals surface area contributed by atoms with E-state index in [2.05, 4.69) is 0 Å². The van der Waals surface area contributed by atoms with Crippen LogP contribution in [0.15, 0.2) is 66.7 Å². The molecule has 4 N–H and O–H groups in total. The largest absolute Gasteiger partial charge is 0.397 e. The number of carbonyl (C=O) groups is 1. The summed E-state index contributed by atoms with van der Waals surface area (Å²) in [6.07, 6.45) is 0. The lowest BCUT2D eigenvalue weighted by Gasteiger charge is -2.08. The molecule has 4 nitrogen and oxygen atoms in total. The highest BCUT2D eigenvalue weighted by atomic mass is 32.1. The third kappa shape index (κ3) is 2.64. The molecule has 0 atom stereocenters. The van der Waals surface area contributed by atoms with Gasteiger partial charge in [0.25, 0.3) is 5.91 Å². The van der Waals surface area contributed by atoms with Crippen molar-refractivity contribution in [3.63, 3.8) is 0 Å². The molecule has 0 fully saturated rings. The van der Waals surface area contributed by atoms with E-state index in [0.717, 1.165) is 27.8 Å². The zero-order valence-corrected chi connectivity index (χ0v) is 14.1. The highest BCUT2D eigenvalue weighted by molar-refractivity contribution is 7.21. The smallest absolute Gasteiger partial charge is 0.260 e. The first-order valence-corrected chi connectivity index (χ1v) is 8.60. The van der Waals surface area contributed by atoms with E-state index in [1.54, 1.807) is 0 Å². The number of carbonyl (C=O) groups excluding carboxylic acids is 1. The van der Waals surface area contributed by atoms with Crippen LogP contribution in [0.1, 0.15) is 9.67 Å². The van der Waals surface area contributed by atoms with E-state index >= 15 is 0 Å². The van der Waals surface area contributed by atoms with Crippen LogP contribution in [0.2, 0.25) is 0 Å². The van der Waals surface area contributed by atoms with Crippen LogP contribution in [0.3, 0.4) is 0 Å². The van der Waals surface area contributed by atoms with E-state index in [4.69, 9.17) is 16.5 Å². The van der Waals surface area contributed by atoms with Crippen molar-refractivity contribution < 1.29 is 4.79 Å². The zero-order chi connectivity index (χ0) is 17.4. The average Bonchev–Trinajstić information content (AvgIpc) is 2.99. The normalized spacial score (nSPS) is 10.9. The van der Waals surface area contributed by atoms with Crippen LogP contribution >= 0.6 is 11.3 Å². The predicted molar refractivity (Wildman–Crippen MR) is 103 cm³/mol. The molecule has 0 saturated heterocycles. The van der Waals surface area contributed by atoms with E-state index in [1.807, 2.05) is 66.7 Å². The number of rotatable bonds is 3. The van der Waals surface area contributed by atoms with Crippen LogP contribution < -0.4 is 11.5 Å². The van der Waals surface area contributed by atoms with Crippen molar-refractivity contribution in [2.24, 2.45) is 5.73 Å².